The van der Waals surface area contributed by atoms with Crippen molar-refractivity contribution in [2.24, 2.45) is 5.92 Å². The minimum atomic E-state index is -0.366. The van der Waals surface area contributed by atoms with Crippen LogP contribution in [-0.4, -0.2) is 31.0 Å². The van der Waals surface area contributed by atoms with Crippen molar-refractivity contribution in [3.8, 4) is 17.2 Å². The van der Waals surface area contributed by atoms with Gasteiger partial charge in [-0.3, -0.25) is 14.9 Å². The third-order valence-electron chi connectivity index (χ3n) is 5.70. The fourth-order valence-corrected chi connectivity index (χ4v) is 3.95. The number of carbonyl (C=O) groups is 1. The summed E-state index contributed by atoms with van der Waals surface area (Å²) in [5, 5.41) is 14.3. The molecular weight excluding hydrogens is 422 g/mol. The number of hydrogen-bond donors (Lipinski definition) is 1. The number of para-hydroxylation sites is 4. The SMILES string of the molecule is COc1ccccc1Oc1ccc(NC(=O)C2CCN(c3ccccc3[N+](=O)[O-])CC2)cc1. The zero-order valence-electron chi connectivity index (χ0n) is 18.3. The number of nitro benzene ring substituents is 1. The van der Waals surface area contributed by atoms with Crippen molar-refractivity contribution < 1.29 is 19.2 Å². The van der Waals surface area contributed by atoms with E-state index in [4.69, 9.17) is 9.47 Å². The number of piperidine rings is 1. The van der Waals surface area contributed by atoms with E-state index < -0.39 is 0 Å². The quantitative estimate of drug-likeness (QED) is 0.393. The van der Waals surface area contributed by atoms with Crippen LogP contribution in [0.5, 0.6) is 17.2 Å². The van der Waals surface area contributed by atoms with Crippen LogP contribution in [0.4, 0.5) is 17.1 Å². The van der Waals surface area contributed by atoms with Gasteiger partial charge >= 0.3 is 0 Å². The number of methoxy groups -OCH3 is 1. The molecule has 8 nitrogen and oxygen atoms in total. The van der Waals surface area contributed by atoms with Gasteiger partial charge in [0.25, 0.3) is 5.69 Å². The van der Waals surface area contributed by atoms with Crippen molar-refractivity contribution in [1.82, 2.24) is 0 Å². The monoisotopic (exact) mass is 447 g/mol. The molecule has 1 aliphatic rings. The van der Waals surface area contributed by atoms with Crippen molar-refractivity contribution in [2.75, 3.05) is 30.4 Å². The maximum Gasteiger partial charge on any atom is 0.292 e. The summed E-state index contributed by atoms with van der Waals surface area (Å²) >= 11 is 0. The fraction of sp³-hybridized carbons (Fsp3) is 0.240. The molecule has 1 fully saturated rings. The third kappa shape index (κ3) is 5.23. The molecule has 3 aromatic rings. The van der Waals surface area contributed by atoms with E-state index in [0.717, 1.165) is 0 Å². The Morgan fingerprint density at radius 2 is 1.61 bits per heavy atom. The van der Waals surface area contributed by atoms with Gasteiger partial charge in [0, 0.05) is 30.8 Å². The van der Waals surface area contributed by atoms with E-state index in [-0.39, 0.29) is 22.4 Å². The van der Waals surface area contributed by atoms with Crippen molar-refractivity contribution >= 4 is 23.0 Å². The number of anilines is 2. The summed E-state index contributed by atoms with van der Waals surface area (Å²) in [5.41, 5.74) is 1.39. The Balaban J connectivity index is 1.33. The van der Waals surface area contributed by atoms with E-state index in [2.05, 4.69) is 5.32 Å². The van der Waals surface area contributed by atoms with E-state index in [9.17, 15) is 14.9 Å². The van der Waals surface area contributed by atoms with Crippen LogP contribution in [0.3, 0.4) is 0 Å². The number of nitro groups is 1. The number of nitrogens with one attached hydrogen (secondary N) is 1. The highest BCUT2D eigenvalue weighted by molar-refractivity contribution is 5.92. The predicted octanol–water partition coefficient (Wildman–Crippen LogP) is 5.25. The Bertz CT molecular complexity index is 1120. The smallest absolute Gasteiger partial charge is 0.292 e. The number of benzene rings is 3. The molecule has 0 aliphatic carbocycles. The lowest BCUT2D eigenvalue weighted by Gasteiger charge is -2.32. The standard InChI is InChI=1S/C25H25N3O5/c1-32-23-8-4-5-9-24(23)33-20-12-10-19(11-13-20)26-25(29)18-14-16-27(17-15-18)21-6-2-3-7-22(21)28(30)31/h2-13,18H,14-17H2,1H3,(H,26,29). The molecule has 0 saturated carbocycles. The summed E-state index contributed by atoms with van der Waals surface area (Å²) in [5.74, 6) is 1.70. The van der Waals surface area contributed by atoms with E-state index in [1.807, 2.05) is 29.2 Å². The summed E-state index contributed by atoms with van der Waals surface area (Å²) in [4.78, 5) is 25.7. The molecule has 0 bridgehead atoms. The normalized spacial score (nSPS) is 13.9. The topological polar surface area (TPSA) is 93.9 Å². The first-order valence-electron chi connectivity index (χ1n) is 10.8. The number of carbonyl (C=O) groups excluding carboxylic acids is 1. The van der Waals surface area contributed by atoms with Crippen LogP contribution in [-0.2, 0) is 4.79 Å². The van der Waals surface area contributed by atoms with E-state index in [1.165, 1.54) is 6.07 Å². The number of rotatable bonds is 7. The first kappa shape index (κ1) is 22.1. The largest absolute Gasteiger partial charge is 0.493 e. The van der Waals surface area contributed by atoms with Gasteiger partial charge in [0.2, 0.25) is 5.91 Å². The van der Waals surface area contributed by atoms with Crippen molar-refractivity contribution in [3.63, 3.8) is 0 Å². The minimum Gasteiger partial charge on any atom is -0.493 e. The number of hydrogen-bond acceptors (Lipinski definition) is 6. The van der Waals surface area contributed by atoms with Crippen molar-refractivity contribution in [1.29, 1.82) is 0 Å². The molecule has 0 spiro atoms. The van der Waals surface area contributed by atoms with Gasteiger partial charge in [-0.25, -0.2) is 0 Å². The molecule has 1 saturated heterocycles. The van der Waals surface area contributed by atoms with Crippen LogP contribution in [0.25, 0.3) is 0 Å². The molecule has 8 heteroatoms. The maximum atomic E-state index is 12.8. The molecule has 1 N–H and O–H groups in total. The molecule has 0 unspecified atom stereocenters. The van der Waals surface area contributed by atoms with Crippen molar-refractivity contribution in [2.45, 2.75) is 12.8 Å². The van der Waals surface area contributed by atoms with Gasteiger partial charge in [0.05, 0.1) is 12.0 Å². The molecule has 0 aromatic heterocycles. The van der Waals surface area contributed by atoms with Crippen LogP contribution < -0.4 is 19.7 Å². The van der Waals surface area contributed by atoms with Crippen molar-refractivity contribution in [3.05, 3.63) is 82.9 Å². The Hall–Kier alpha value is -4.07. The molecule has 1 heterocycles. The van der Waals surface area contributed by atoms with E-state index in [1.54, 1.807) is 49.6 Å². The minimum absolute atomic E-state index is 0.0457. The first-order valence-corrected chi connectivity index (χ1v) is 10.8. The highest BCUT2D eigenvalue weighted by atomic mass is 16.6. The van der Waals surface area contributed by atoms with E-state index >= 15 is 0 Å². The second kappa shape index (κ2) is 10.0. The van der Waals surface area contributed by atoms with Gasteiger partial charge in [-0.2, -0.15) is 0 Å². The summed E-state index contributed by atoms with van der Waals surface area (Å²) in [7, 11) is 1.59. The number of ether oxygens (including phenoxy) is 2. The summed E-state index contributed by atoms with van der Waals surface area (Å²) in [6, 6.07) is 21.3. The molecule has 1 amide bonds. The molecule has 170 valence electrons. The third-order valence-corrected chi connectivity index (χ3v) is 5.70. The van der Waals surface area contributed by atoms with Gasteiger partial charge in [-0.05, 0) is 55.3 Å². The van der Waals surface area contributed by atoms with Gasteiger partial charge < -0.3 is 19.7 Å². The Morgan fingerprint density at radius 3 is 2.27 bits per heavy atom. The highest BCUT2D eigenvalue weighted by Crippen LogP contribution is 2.33. The summed E-state index contributed by atoms with van der Waals surface area (Å²) < 4.78 is 11.2. The lowest BCUT2D eigenvalue weighted by atomic mass is 9.95. The number of nitrogens with zero attached hydrogens (tertiary/aromatic N) is 2. The zero-order valence-corrected chi connectivity index (χ0v) is 18.3. The Labute approximate surface area is 191 Å². The fourth-order valence-electron chi connectivity index (χ4n) is 3.95. The second-order valence-electron chi connectivity index (χ2n) is 7.77. The summed E-state index contributed by atoms with van der Waals surface area (Å²) in [6.07, 6.45) is 1.26. The lowest BCUT2D eigenvalue weighted by molar-refractivity contribution is -0.384. The second-order valence-corrected chi connectivity index (χ2v) is 7.77. The zero-order chi connectivity index (χ0) is 23.2. The van der Waals surface area contributed by atoms with Crippen LogP contribution in [0.1, 0.15) is 12.8 Å². The van der Waals surface area contributed by atoms with Crippen LogP contribution in [0.2, 0.25) is 0 Å². The Kier molecular flexibility index (Phi) is 6.73. The lowest BCUT2D eigenvalue weighted by Crippen LogP contribution is -2.38. The summed E-state index contributed by atoms with van der Waals surface area (Å²) in [6.45, 7) is 1.18. The molecule has 3 aromatic carbocycles. The first-order chi connectivity index (χ1) is 16.0. The average molecular weight is 447 g/mol. The van der Waals surface area contributed by atoms with E-state index in [0.29, 0.717) is 54.6 Å². The van der Waals surface area contributed by atoms with Gasteiger partial charge in [-0.1, -0.05) is 24.3 Å². The predicted molar refractivity (Wildman–Crippen MR) is 126 cm³/mol. The average Bonchev–Trinajstić information content (AvgIpc) is 2.85. The molecule has 0 atom stereocenters. The molecule has 33 heavy (non-hydrogen) atoms. The maximum absolute atomic E-state index is 12.8. The molecule has 4 rings (SSSR count). The van der Waals surface area contributed by atoms with Crippen LogP contribution >= 0.6 is 0 Å². The Morgan fingerprint density at radius 1 is 0.970 bits per heavy atom. The van der Waals surface area contributed by atoms with Gasteiger partial charge in [-0.15, -0.1) is 0 Å². The number of amides is 1. The van der Waals surface area contributed by atoms with Gasteiger partial charge in [0.1, 0.15) is 11.4 Å². The highest BCUT2D eigenvalue weighted by Gasteiger charge is 2.28. The van der Waals surface area contributed by atoms with Crippen LogP contribution in [0.15, 0.2) is 72.8 Å². The van der Waals surface area contributed by atoms with Crippen LogP contribution in [0, 0.1) is 16.0 Å². The molecule has 0 radical (unpaired) electrons. The molecule has 1 aliphatic heterocycles. The van der Waals surface area contributed by atoms with Gasteiger partial charge in [0.15, 0.2) is 11.5 Å². The molecular formula is C25H25N3O5.